The first-order valence-corrected chi connectivity index (χ1v) is 10.7. The van der Waals surface area contributed by atoms with Gasteiger partial charge in [-0.1, -0.05) is 6.07 Å². The number of ether oxygens (including phenoxy) is 2. The number of aromatic nitrogens is 2. The predicted molar refractivity (Wildman–Crippen MR) is 115 cm³/mol. The molecule has 1 fully saturated rings. The van der Waals surface area contributed by atoms with Crippen LogP contribution in [0.15, 0.2) is 29.3 Å². The zero-order valence-electron chi connectivity index (χ0n) is 17.6. The zero-order valence-corrected chi connectivity index (χ0v) is 17.6. The molecule has 4 heterocycles. The van der Waals surface area contributed by atoms with E-state index in [0.717, 1.165) is 60.9 Å². The van der Waals surface area contributed by atoms with Gasteiger partial charge < -0.3 is 19.7 Å². The Balaban J connectivity index is 1.23. The van der Waals surface area contributed by atoms with Crippen LogP contribution in [0.4, 0.5) is 5.95 Å². The van der Waals surface area contributed by atoms with Crippen molar-refractivity contribution in [2.45, 2.75) is 32.4 Å². The van der Waals surface area contributed by atoms with Crippen LogP contribution in [0.2, 0.25) is 0 Å². The van der Waals surface area contributed by atoms with Crippen molar-refractivity contribution in [3.8, 4) is 11.5 Å². The van der Waals surface area contributed by atoms with Crippen molar-refractivity contribution in [3.05, 3.63) is 41.2 Å². The van der Waals surface area contributed by atoms with Crippen LogP contribution in [0.1, 0.15) is 35.8 Å². The lowest BCUT2D eigenvalue weighted by Gasteiger charge is -2.25. The minimum atomic E-state index is -0.0140. The van der Waals surface area contributed by atoms with Crippen LogP contribution in [0.25, 0.3) is 0 Å². The standard InChI is InChI=1S/C22H26N6O3/c1-15-9-17(26-22(25-15)27-8-6-23-13-27)18-3-2-7-28(18)21(29)12-24-11-16-4-5-19-20(10-16)31-14-30-19/h4-5,9-10,13,18,24H,2-3,6-8,11-12,14H2,1H3. The molecule has 31 heavy (non-hydrogen) atoms. The van der Waals surface area contributed by atoms with E-state index in [1.165, 1.54) is 0 Å². The summed E-state index contributed by atoms with van der Waals surface area (Å²) in [4.78, 5) is 30.5. The number of aliphatic imine (C=N–C) groups is 1. The average molecular weight is 422 g/mol. The fraction of sp³-hybridized carbons (Fsp3) is 0.455. The van der Waals surface area contributed by atoms with E-state index >= 15 is 0 Å². The summed E-state index contributed by atoms with van der Waals surface area (Å²) in [5.41, 5.74) is 2.86. The minimum absolute atomic E-state index is 0.0140. The molecule has 0 saturated carbocycles. The molecule has 9 nitrogen and oxygen atoms in total. The van der Waals surface area contributed by atoms with Gasteiger partial charge in [0.25, 0.3) is 0 Å². The highest BCUT2D eigenvalue weighted by molar-refractivity contribution is 5.79. The summed E-state index contributed by atoms with van der Waals surface area (Å²) in [5.74, 6) is 2.27. The largest absolute Gasteiger partial charge is 0.454 e. The maximum Gasteiger partial charge on any atom is 0.237 e. The van der Waals surface area contributed by atoms with E-state index in [1.54, 1.807) is 6.34 Å². The molecule has 0 radical (unpaired) electrons. The van der Waals surface area contributed by atoms with Crippen molar-refractivity contribution in [2.75, 3.05) is 37.9 Å². The number of aryl methyl sites for hydroxylation is 1. The highest BCUT2D eigenvalue weighted by Crippen LogP contribution is 2.33. The quantitative estimate of drug-likeness (QED) is 0.759. The van der Waals surface area contributed by atoms with Gasteiger partial charge >= 0.3 is 0 Å². The summed E-state index contributed by atoms with van der Waals surface area (Å²) in [6.07, 6.45) is 3.68. The SMILES string of the molecule is Cc1cc(C2CCCN2C(=O)CNCc2ccc3c(c2)OCO3)nc(N2C=NCC2)n1. The highest BCUT2D eigenvalue weighted by atomic mass is 16.7. The number of hydrogen-bond donors (Lipinski definition) is 1. The summed E-state index contributed by atoms with van der Waals surface area (Å²) in [6, 6.07) is 7.81. The Hall–Kier alpha value is -3.20. The molecule has 1 amide bonds. The van der Waals surface area contributed by atoms with Crippen molar-refractivity contribution < 1.29 is 14.3 Å². The number of amides is 1. The van der Waals surface area contributed by atoms with Crippen LogP contribution in [0, 0.1) is 6.92 Å². The second-order valence-corrected chi connectivity index (χ2v) is 7.99. The molecule has 9 heteroatoms. The fourth-order valence-electron chi connectivity index (χ4n) is 4.25. The van der Waals surface area contributed by atoms with Gasteiger partial charge in [0.1, 0.15) is 0 Å². The van der Waals surface area contributed by atoms with E-state index in [4.69, 9.17) is 14.5 Å². The van der Waals surface area contributed by atoms with Gasteiger partial charge in [-0.05, 0) is 43.5 Å². The smallest absolute Gasteiger partial charge is 0.237 e. The van der Waals surface area contributed by atoms with Gasteiger partial charge in [-0.25, -0.2) is 9.97 Å². The third-order valence-electron chi connectivity index (χ3n) is 5.77. The van der Waals surface area contributed by atoms with Gasteiger partial charge in [0.15, 0.2) is 11.5 Å². The van der Waals surface area contributed by atoms with Gasteiger partial charge in [-0.2, -0.15) is 0 Å². The molecule has 162 valence electrons. The summed E-state index contributed by atoms with van der Waals surface area (Å²) < 4.78 is 10.8. The van der Waals surface area contributed by atoms with Crippen molar-refractivity contribution in [1.29, 1.82) is 0 Å². The van der Waals surface area contributed by atoms with Crippen LogP contribution >= 0.6 is 0 Å². The molecule has 3 aliphatic heterocycles. The number of benzene rings is 1. The molecule has 1 aromatic heterocycles. The first-order valence-electron chi connectivity index (χ1n) is 10.7. The number of hydrogen-bond acceptors (Lipinski definition) is 8. The number of nitrogens with one attached hydrogen (secondary N) is 1. The molecule has 1 saturated heterocycles. The molecule has 3 aliphatic rings. The van der Waals surface area contributed by atoms with Gasteiger partial charge in [-0.3, -0.25) is 14.7 Å². The molecule has 1 N–H and O–H groups in total. The topological polar surface area (TPSA) is 92.2 Å². The van der Waals surface area contributed by atoms with E-state index < -0.39 is 0 Å². The Labute approximate surface area is 181 Å². The monoisotopic (exact) mass is 422 g/mol. The summed E-state index contributed by atoms with van der Waals surface area (Å²) >= 11 is 0. The lowest BCUT2D eigenvalue weighted by molar-refractivity contribution is -0.131. The number of rotatable bonds is 6. The van der Waals surface area contributed by atoms with Crippen LogP contribution in [0.3, 0.4) is 0 Å². The van der Waals surface area contributed by atoms with E-state index in [1.807, 2.05) is 41.0 Å². The van der Waals surface area contributed by atoms with E-state index in [2.05, 4.69) is 15.3 Å². The first-order chi connectivity index (χ1) is 15.2. The van der Waals surface area contributed by atoms with Crippen LogP contribution in [-0.2, 0) is 11.3 Å². The predicted octanol–water partition coefficient (Wildman–Crippen LogP) is 1.82. The first kappa shape index (κ1) is 19.7. The number of fused-ring (bicyclic) bond motifs is 1. The Morgan fingerprint density at radius 2 is 2.10 bits per heavy atom. The number of carbonyl (C=O) groups is 1. The Kier molecular flexibility index (Phi) is 5.42. The number of anilines is 1. The minimum Gasteiger partial charge on any atom is -0.454 e. The van der Waals surface area contributed by atoms with Crippen LogP contribution in [-0.4, -0.2) is 60.1 Å². The second kappa shape index (κ2) is 8.50. The van der Waals surface area contributed by atoms with Crippen molar-refractivity contribution in [2.24, 2.45) is 4.99 Å². The van der Waals surface area contributed by atoms with Gasteiger partial charge in [0.2, 0.25) is 18.6 Å². The van der Waals surface area contributed by atoms with Gasteiger partial charge in [0.05, 0.1) is 31.2 Å². The number of carbonyl (C=O) groups excluding carboxylic acids is 1. The third kappa shape index (κ3) is 4.18. The third-order valence-corrected chi connectivity index (χ3v) is 5.77. The van der Waals surface area contributed by atoms with E-state index in [9.17, 15) is 4.79 Å². The Bertz CT molecular complexity index is 1010. The Morgan fingerprint density at radius 3 is 2.97 bits per heavy atom. The molecule has 1 unspecified atom stereocenters. The van der Waals surface area contributed by atoms with Gasteiger partial charge in [-0.15, -0.1) is 0 Å². The van der Waals surface area contributed by atoms with Crippen molar-refractivity contribution in [1.82, 2.24) is 20.2 Å². The fourth-order valence-corrected chi connectivity index (χ4v) is 4.25. The maximum atomic E-state index is 13.0. The van der Waals surface area contributed by atoms with E-state index in [-0.39, 0.29) is 25.3 Å². The molecular weight excluding hydrogens is 396 g/mol. The molecule has 2 aromatic rings. The zero-order chi connectivity index (χ0) is 21.2. The lowest BCUT2D eigenvalue weighted by atomic mass is 10.1. The van der Waals surface area contributed by atoms with Crippen LogP contribution < -0.4 is 19.7 Å². The van der Waals surface area contributed by atoms with Crippen molar-refractivity contribution >= 4 is 18.2 Å². The molecule has 1 atom stereocenters. The lowest BCUT2D eigenvalue weighted by Crippen LogP contribution is -2.38. The number of nitrogens with zero attached hydrogens (tertiary/aromatic N) is 5. The second-order valence-electron chi connectivity index (χ2n) is 7.99. The maximum absolute atomic E-state index is 13.0. The molecular formula is C22H26N6O3. The molecule has 5 rings (SSSR count). The molecule has 0 bridgehead atoms. The molecule has 0 aliphatic carbocycles. The average Bonchev–Trinajstić information content (AvgIpc) is 3.54. The number of likely N-dealkylation sites (tertiary alicyclic amines) is 1. The van der Waals surface area contributed by atoms with E-state index in [0.29, 0.717) is 12.5 Å². The summed E-state index contributed by atoms with van der Waals surface area (Å²) in [7, 11) is 0. The Morgan fingerprint density at radius 1 is 1.19 bits per heavy atom. The highest BCUT2D eigenvalue weighted by Gasteiger charge is 2.31. The van der Waals surface area contributed by atoms with Gasteiger partial charge in [0, 0.05) is 25.3 Å². The molecule has 1 aromatic carbocycles. The van der Waals surface area contributed by atoms with Crippen molar-refractivity contribution in [3.63, 3.8) is 0 Å². The summed E-state index contributed by atoms with van der Waals surface area (Å²) in [5, 5.41) is 3.26. The van der Waals surface area contributed by atoms with Crippen LogP contribution in [0.5, 0.6) is 11.5 Å². The normalized spacial score (nSPS) is 19.5. The molecule has 0 spiro atoms. The summed E-state index contributed by atoms with van der Waals surface area (Å²) in [6.45, 7) is 5.40.